The summed E-state index contributed by atoms with van der Waals surface area (Å²) in [5.41, 5.74) is -0.0391. The number of rotatable bonds is 4. The van der Waals surface area contributed by atoms with E-state index in [0.717, 1.165) is 0 Å². The number of benzene rings is 2. The lowest BCUT2D eigenvalue weighted by Gasteiger charge is -2.31. The summed E-state index contributed by atoms with van der Waals surface area (Å²) in [4.78, 5) is 38.8. The molecule has 2 aromatic carbocycles. The number of ether oxygens (including phenoxy) is 1. The number of methoxy groups -OCH3 is 1. The van der Waals surface area contributed by atoms with E-state index in [4.69, 9.17) is 16.3 Å². The molecule has 1 atom stereocenters. The molecular weight excluding hydrogens is 389 g/mol. The number of amides is 4. The van der Waals surface area contributed by atoms with Gasteiger partial charge in [-0.2, -0.15) is 0 Å². The summed E-state index contributed by atoms with van der Waals surface area (Å²) in [6, 6.07) is 7.73. The first-order valence-corrected chi connectivity index (χ1v) is 8.77. The molecule has 4 amide bonds. The molecule has 2 aromatic rings. The normalized spacial score (nSPS) is 20.8. The van der Waals surface area contributed by atoms with Crippen molar-refractivity contribution in [3.63, 3.8) is 0 Å². The highest BCUT2D eigenvalue weighted by molar-refractivity contribution is 6.32. The SMILES string of the molecule is COc1cc2c(cc1Cl)C(=O)N(C[C@@]1(c3ccc(F)cc3)NC(=O)NC1=O)C2. The molecule has 4 rings (SSSR count). The minimum absolute atomic E-state index is 0.121. The quantitative estimate of drug-likeness (QED) is 0.766. The van der Waals surface area contributed by atoms with E-state index in [9.17, 15) is 18.8 Å². The molecule has 28 heavy (non-hydrogen) atoms. The van der Waals surface area contributed by atoms with Gasteiger partial charge < -0.3 is 15.0 Å². The molecule has 0 radical (unpaired) electrons. The second-order valence-electron chi connectivity index (χ2n) is 6.63. The second-order valence-corrected chi connectivity index (χ2v) is 7.03. The standard InChI is InChI=1S/C19H15ClFN3O4/c1-28-15-6-10-8-24(16(25)13(10)7-14(15)20)9-19(17(26)22-18(27)23-19)11-2-4-12(21)5-3-11/h2-7H,8-9H2,1H3,(H2,22,23,26,27)/t19-/m0/s1. The van der Waals surface area contributed by atoms with E-state index in [2.05, 4.69) is 10.6 Å². The van der Waals surface area contributed by atoms with E-state index >= 15 is 0 Å². The van der Waals surface area contributed by atoms with Gasteiger partial charge in [0.25, 0.3) is 11.8 Å². The number of carbonyl (C=O) groups excluding carboxylic acids is 3. The summed E-state index contributed by atoms with van der Waals surface area (Å²) in [5, 5.41) is 5.09. The van der Waals surface area contributed by atoms with Crippen molar-refractivity contribution < 1.29 is 23.5 Å². The Balaban J connectivity index is 1.71. The zero-order valence-electron chi connectivity index (χ0n) is 14.7. The smallest absolute Gasteiger partial charge is 0.322 e. The Labute approximate surface area is 164 Å². The van der Waals surface area contributed by atoms with E-state index in [0.29, 0.717) is 27.5 Å². The summed E-state index contributed by atoms with van der Waals surface area (Å²) in [6.07, 6.45) is 0. The summed E-state index contributed by atoms with van der Waals surface area (Å²) < 4.78 is 18.5. The Morgan fingerprint density at radius 2 is 1.93 bits per heavy atom. The van der Waals surface area contributed by atoms with E-state index in [1.165, 1.54) is 42.3 Å². The number of nitrogens with one attached hydrogen (secondary N) is 2. The van der Waals surface area contributed by atoms with E-state index < -0.39 is 23.3 Å². The van der Waals surface area contributed by atoms with Crippen molar-refractivity contribution in [3.8, 4) is 5.75 Å². The predicted octanol–water partition coefficient (Wildman–Crippen LogP) is 2.18. The van der Waals surface area contributed by atoms with Crippen LogP contribution in [-0.2, 0) is 16.9 Å². The monoisotopic (exact) mass is 403 g/mol. The van der Waals surface area contributed by atoms with Gasteiger partial charge in [-0.05, 0) is 35.4 Å². The number of carbonyl (C=O) groups is 3. The van der Waals surface area contributed by atoms with Gasteiger partial charge in [-0.25, -0.2) is 9.18 Å². The van der Waals surface area contributed by atoms with Crippen LogP contribution >= 0.6 is 11.6 Å². The maximum absolute atomic E-state index is 13.4. The highest BCUT2D eigenvalue weighted by Crippen LogP contribution is 2.35. The van der Waals surface area contributed by atoms with Gasteiger partial charge in [0.2, 0.25) is 0 Å². The molecule has 0 bridgehead atoms. The number of urea groups is 1. The molecule has 2 heterocycles. The van der Waals surface area contributed by atoms with Crippen LogP contribution in [0, 0.1) is 5.82 Å². The Kier molecular flexibility index (Phi) is 4.23. The molecule has 0 unspecified atom stereocenters. The molecule has 1 saturated heterocycles. The largest absolute Gasteiger partial charge is 0.495 e. The van der Waals surface area contributed by atoms with Crippen molar-refractivity contribution in [2.75, 3.05) is 13.7 Å². The fourth-order valence-corrected chi connectivity index (χ4v) is 3.82. The van der Waals surface area contributed by atoms with Gasteiger partial charge in [-0.15, -0.1) is 0 Å². The molecule has 0 spiro atoms. The summed E-state index contributed by atoms with van der Waals surface area (Å²) in [5.74, 6) is -0.969. The first kappa shape index (κ1) is 18.2. The van der Waals surface area contributed by atoms with Gasteiger partial charge in [0.05, 0.1) is 18.7 Å². The first-order valence-electron chi connectivity index (χ1n) is 8.39. The van der Waals surface area contributed by atoms with Crippen LogP contribution in [0.1, 0.15) is 21.5 Å². The maximum atomic E-state index is 13.4. The first-order chi connectivity index (χ1) is 13.3. The van der Waals surface area contributed by atoms with Gasteiger partial charge in [0, 0.05) is 12.1 Å². The van der Waals surface area contributed by atoms with Crippen LogP contribution in [0.3, 0.4) is 0 Å². The molecule has 1 fully saturated rings. The Hall–Kier alpha value is -3.13. The molecule has 0 aliphatic carbocycles. The van der Waals surface area contributed by atoms with Gasteiger partial charge in [-0.3, -0.25) is 14.9 Å². The third-order valence-electron chi connectivity index (χ3n) is 4.96. The summed E-state index contributed by atoms with van der Waals surface area (Å²) in [6.45, 7) is 0.0947. The molecule has 7 nitrogen and oxygen atoms in total. The van der Waals surface area contributed by atoms with Gasteiger partial charge in [0.15, 0.2) is 5.54 Å². The van der Waals surface area contributed by atoms with Crippen LogP contribution in [-0.4, -0.2) is 36.4 Å². The van der Waals surface area contributed by atoms with Crippen molar-refractivity contribution in [2.24, 2.45) is 0 Å². The van der Waals surface area contributed by atoms with Crippen LogP contribution in [0.15, 0.2) is 36.4 Å². The number of fused-ring (bicyclic) bond motifs is 1. The van der Waals surface area contributed by atoms with E-state index in [-0.39, 0.29) is 19.0 Å². The van der Waals surface area contributed by atoms with Gasteiger partial charge in [0.1, 0.15) is 11.6 Å². The minimum Gasteiger partial charge on any atom is -0.495 e. The lowest BCUT2D eigenvalue weighted by atomic mass is 9.89. The Morgan fingerprint density at radius 3 is 2.54 bits per heavy atom. The van der Waals surface area contributed by atoms with Gasteiger partial charge in [-0.1, -0.05) is 23.7 Å². The van der Waals surface area contributed by atoms with Crippen LogP contribution in [0.5, 0.6) is 5.75 Å². The number of hydrogen-bond acceptors (Lipinski definition) is 4. The Bertz CT molecular complexity index is 1010. The van der Waals surface area contributed by atoms with Crippen molar-refractivity contribution in [2.45, 2.75) is 12.1 Å². The van der Waals surface area contributed by atoms with Crippen LogP contribution in [0.25, 0.3) is 0 Å². The molecular formula is C19H15ClFN3O4. The second kappa shape index (κ2) is 6.49. The average molecular weight is 404 g/mol. The molecule has 9 heteroatoms. The van der Waals surface area contributed by atoms with E-state index in [1.807, 2.05) is 0 Å². The fourth-order valence-electron chi connectivity index (χ4n) is 3.58. The lowest BCUT2D eigenvalue weighted by Crippen LogP contribution is -2.52. The molecule has 2 N–H and O–H groups in total. The topological polar surface area (TPSA) is 87.7 Å². The number of halogens is 2. The van der Waals surface area contributed by atoms with Crippen LogP contribution < -0.4 is 15.4 Å². The maximum Gasteiger partial charge on any atom is 0.322 e. The summed E-state index contributed by atoms with van der Waals surface area (Å²) >= 11 is 6.12. The highest BCUT2D eigenvalue weighted by atomic mass is 35.5. The number of hydrogen-bond donors (Lipinski definition) is 2. The van der Waals surface area contributed by atoms with Crippen LogP contribution in [0.2, 0.25) is 5.02 Å². The van der Waals surface area contributed by atoms with Crippen LogP contribution in [0.4, 0.5) is 9.18 Å². The number of nitrogens with zero attached hydrogens (tertiary/aromatic N) is 1. The lowest BCUT2D eigenvalue weighted by molar-refractivity contribution is -0.124. The zero-order valence-corrected chi connectivity index (χ0v) is 15.5. The minimum atomic E-state index is -1.52. The van der Waals surface area contributed by atoms with Crippen molar-refractivity contribution in [1.29, 1.82) is 0 Å². The van der Waals surface area contributed by atoms with Crippen molar-refractivity contribution >= 4 is 29.4 Å². The van der Waals surface area contributed by atoms with Gasteiger partial charge >= 0.3 is 6.03 Å². The van der Waals surface area contributed by atoms with Crippen molar-refractivity contribution in [1.82, 2.24) is 15.5 Å². The fraction of sp³-hybridized carbons (Fsp3) is 0.211. The molecule has 2 aliphatic rings. The highest BCUT2D eigenvalue weighted by Gasteiger charge is 2.50. The van der Waals surface area contributed by atoms with Crippen molar-refractivity contribution in [3.05, 3.63) is 63.9 Å². The molecule has 144 valence electrons. The molecule has 0 aromatic heterocycles. The Morgan fingerprint density at radius 1 is 1.21 bits per heavy atom. The average Bonchev–Trinajstić information content (AvgIpc) is 3.11. The number of imide groups is 1. The third kappa shape index (κ3) is 2.77. The molecule has 2 aliphatic heterocycles. The predicted molar refractivity (Wildman–Crippen MR) is 97.5 cm³/mol. The summed E-state index contributed by atoms with van der Waals surface area (Å²) in [7, 11) is 1.48. The third-order valence-corrected chi connectivity index (χ3v) is 5.26. The molecule has 0 saturated carbocycles. The zero-order chi connectivity index (χ0) is 20.1. The van der Waals surface area contributed by atoms with E-state index in [1.54, 1.807) is 6.07 Å².